The van der Waals surface area contributed by atoms with Gasteiger partial charge in [-0.1, -0.05) is 30.3 Å². The van der Waals surface area contributed by atoms with E-state index in [1.807, 2.05) is 83.8 Å². The first-order chi connectivity index (χ1) is 14.3. The molecule has 1 saturated heterocycles. The molecule has 1 amide bonds. The molecule has 1 atom stereocenters. The molecule has 144 valence electrons. The van der Waals surface area contributed by atoms with Gasteiger partial charge in [0.05, 0.1) is 17.1 Å². The van der Waals surface area contributed by atoms with Gasteiger partial charge in [0.25, 0.3) is 5.91 Å². The molecule has 4 aromatic rings. The molecule has 3 aromatic carbocycles. The van der Waals surface area contributed by atoms with E-state index in [1.165, 1.54) is 0 Å². The van der Waals surface area contributed by atoms with E-state index in [1.54, 1.807) is 0 Å². The molecule has 5 heteroatoms. The fourth-order valence-corrected chi connectivity index (χ4v) is 3.88. The third-order valence-corrected chi connectivity index (χ3v) is 5.32. The molecule has 1 N–H and O–H groups in total. The van der Waals surface area contributed by atoms with Crippen LogP contribution >= 0.6 is 0 Å². The van der Waals surface area contributed by atoms with Crippen molar-refractivity contribution in [1.29, 1.82) is 0 Å². The van der Waals surface area contributed by atoms with Gasteiger partial charge < -0.3 is 14.6 Å². The lowest BCUT2D eigenvalue weighted by atomic mass is 10.1. The van der Waals surface area contributed by atoms with Crippen LogP contribution in [0.25, 0.3) is 11.0 Å². The average molecular weight is 383 g/mol. The first-order valence-corrected chi connectivity index (χ1v) is 9.86. The molecular weight excluding hydrogens is 362 g/mol. The third-order valence-electron chi connectivity index (χ3n) is 5.32. The normalized spacial score (nSPS) is 16.3. The standard InChI is InChI=1S/C24H21N3O2/c28-24(17-12-14-19(15-13-17)29-18-7-2-1-3-8-18)27-16-6-11-22(27)23-25-20-9-4-5-10-21(20)26-23/h1-5,7-10,12-15,22H,6,11,16H2,(H,25,26)/t22-/m0/s1. The molecule has 1 aliphatic rings. The van der Waals surface area contributed by atoms with Gasteiger partial charge in [-0.3, -0.25) is 4.79 Å². The lowest BCUT2D eigenvalue weighted by Crippen LogP contribution is -2.31. The van der Waals surface area contributed by atoms with Crippen molar-refractivity contribution in [3.63, 3.8) is 0 Å². The van der Waals surface area contributed by atoms with E-state index in [0.717, 1.165) is 42.0 Å². The number of H-pyrrole nitrogens is 1. The number of hydrogen-bond donors (Lipinski definition) is 1. The number of fused-ring (bicyclic) bond motifs is 1. The van der Waals surface area contributed by atoms with Crippen LogP contribution in [-0.2, 0) is 0 Å². The van der Waals surface area contributed by atoms with E-state index in [2.05, 4.69) is 4.98 Å². The van der Waals surface area contributed by atoms with Crippen molar-refractivity contribution in [3.05, 3.63) is 90.3 Å². The predicted octanol–water partition coefficient (Wildman–Crippen LogP) is 5.33. The Kier molecular flexibility index (Phi) is 4.48. The minimum absolute atomic E-state index is 0.0184. The van der Waals surface area contributed by atoms with Gasteiger partial charge in [-0.05, 0) is 61.4 Å². The highest BCUT2D eigenvalue weighted by Gasteiger charge is 2.32. The molecule has 5 nitrogen and oxygen atoms in total. The molecule has 0 radical (unpaired) electrons. The number of likely N-dealkylation sites (tertiary alicyclic amines) is 1. The number of carbonyl (C=O) groups excluding carboxylic acids is 1. The van der Waals surface area contributed by atoms with Crippen LogP contribution in [-0.4, -0.2) is 27.3 Å². The van der Waals surface area contributed by atoms with Crippen LogP contribution in [0, 0.1) is 0 Å². The lowest BCUT2D eigenvalue weighted by Gasteiger charge is -2.23. The van der Waals surface area contributed by atoms with E-state index in [4.69, 9.17) is 9.72 Å². The van der Waals surface area contributed by atoms with E-state index in [-0.39, 0.29) is 11.9 Å². The number of aromatic amines is 1. The maximum absolute atomic E-state index is 13.2. The molecule has 1 fully saturated rings. The van der Waals surface area contributed by atoms with Gasteiger partial charge in [-0.25, -0.2) is 4.98 Å². The summed E-state index contributed by atoms with van der Waals surface area (Å²) in [5.41, 5.74) is 2.60. The first kappa shape index (κ1) is 17.5. The lowest BCUT2D eigenvalue weighted by molar-refractivity contribution is 0.0730. The molecule has 29 heavy (non-hydrogen) atoms. The second-order valence-corrected chi connectivity index (χ2v) is 7.24. The van der Waals surface area contributed by atoms with Crippen molar-refractivity contribution in [2.24, 2.45) is 0 Å². The second kappa shape index (κ2) is 7.43. The average Bonchev–Trinajstić information content (AvgIpc) is 3.41. The van der Waals surface area contributed by atoms with Gasteiger partial charge >= 0.3 is 0 Å². The Morgan fingerprint density at radius 2 is 1.66 bits per heavy atom. The van der Waals surface area contributed by atoms with Gasteiger partial charge in [0.2, 0.25) is 0 Å². The number of ether oxygens (including phenoxy) is 1. The maximum atomic E-state index is 13.2. The number of imidazole rings is 1. The Hall–Kier alpha value is -3.60. The van der Waals surface area contributed by atoms with Crippen LogP contribution in [0.1, 0.15) is 35.1 Å². The number of carbonyl (C=O) groups is 1. The highest BCUT2D eigenvalue weighted by atomic mass is 16.5. The number of amides is 1. The minimum Gasteiger partial charge on any atom is -0.457 e. The monoisotopic (exact) mass is 383 g/mol. The SMILES string of the molecule is O=C(c1ccc(Oc2ccccc2)cc1)N1CCC[C@H]1c1nc2ccccc2[nH]1. The summed E-state index contributed by atoms with van der Waals surface area (Å²) in [5.74, 6) is 2.37. The fourth-order valence-electron chi connectivity index (χ4n) is 3.88. The van der Waals surface area contributed by atoms with Crippen LogP contribution in [0.2, 0.25) is 0 Å². The molecule has 0 aliphatic carbocycles. The van der Waals surface area contributed by atoms with E-state index < -0.39 is 0 Å². The number of nitrogens with one attached hydrogen (secondary N) is 1. The smallest absolute Gasteiger partial charge is 0.254 e. The predicted molar refractivity (Wildman–Crippen MR) is 112 cm³/mol. The number of hydrogen-bond acceptors (Lipinski definition) is 3. The molecule has 0 spiro atoms. The first-order valence-electron chi connectivity index (χ1n) is 9.86. The minimum atomic E-state index is -0.0184. The molecule has 5 rings (SSSR count). The Bertz CT molecular complexity index is 1100. The van der Waals surface area contributed by atoms with Crippen LogP contribution in [0.5, 0.6) is 11.5 Å². The van der Waals surface area contributed by atoms with E-state index in [0.29, 0.717) is 11.3 Å². The number of para-hydroxylation sites is 3. The highest BCUT2D eigenvalue weighted by molar-refractivity contribution is 5.94. The van der Waals surface area contributed by atoms with E-state index >= 15 is 0 Å². The largest absolute Gasteiger partial charge is 0.457 e. The van der Waals surface area contributed by atoms with Crippen molar-refractivity contribution in [2.45, 2.75) is 18.9 Å². The van der Waals surface area contributed by atoms with Crippen molar-refractivity contribution in [1.82, 2.24) is 14.9 Å². The summed E-state index contributed by atoms with van der Waals surface area (Å²) in [7, 11) is 0. The van der Waals surface area contributed by atoms with Gasteiger partial charge in [0, 0.05) is 12.1 Å². The van der Waals surface area contributed by atoms with Crippen molar-refractivity contribution < 1.29 is 9.53 Å². The number of aromatic nitrogens is 2. The highest BCUT2D eigenvalue weighted by Crippen LogP contribution is 2.33. The second-order valence-electron chi connectivity index (χ2n) is 7.24. The summed E-state index contributed by atoms with van der Waals surface area (Å²) in [6, 6.07) is 24.9. The molecule has 1 aromatic heterocycles. The van der Waals surface area contributed by atoms with Gasteiger partial charge in [0.15, 0.2) is 0 Å². The van der Waals surface area contributed by atoms with Gasteiger partial charge in [-0.15, -0.1) is 0 Å². The Balaban J connectivity index is 1.35. The summed E-state index contributed by atoms with van der Waals surface area (Å²) in [6.07, 6.45) is 1.89. The third kappa shape index (κ3) is 3.47. The van der Waals surface area contributed by atoms with Crippen LogP contribution < -0.4 is 4.74 Å². The summed E-state index contributed by atoms with van der Waals surface area (Å²) in [6.45, 7) is 0.739. The summed E-state index contributed by atoms with van der Waals surface area (Å²) in [5, 5.41) is 0. The number of rotatable bonds is 4. The Morgan fingerprint density at radius 3 is 2.45 bits per heavy atom. The van der Waals surface area contributed by atoms with Gasteiger partial charge in [0.1, 0.15) is 17.3 Å². The number of nitrogens with zero attached hydrogens (tertiary/aromatic N) is 2. The molecule has 2 heterocycles. The van der Waals surface area contributed by atoms with Crippen molar-refractivity contribution in [3.8, 4) is 11.5 Å². The van der Waals surface area contributed by atoms with Crippen LogP contribution in [0.15, 0.2) is 78.9 Å². The fraction of sp³-hybridized carbons (Fsp3) is 0.167. The number of benzene rings is 3. The molecule has 1 aliphatic heterocycles. The quantitative estimate of drug-likeness (QED) is 0.518. The summed E-state index contributed by atoms with van der Waals surface area (Å²) in [4.78, 5) is 23.2. The topological polar surface area (TPSA) is 58.2 Å². The molecule has 0 unspecified atom stereocenters. The van der Waals surface area contributed by atoms with Crippen molar-refractivity contribution in [2.75, 3.05) is 6.54 Å². The maximum Gasteiger partial charge on any atom is 0.254 e. The zero-order valence-electron chi connectivity index (χ0n) is 15.9. The zero-order valence-corrected chi connectivity index (χ0v) is 15.9. The zero-order chi connectivity index (χ0) is 19.6. The van der Waals surface area contributed by atoms with Crippen molar-refractivity contribution >= 4 is 16.9 Å². The van der Waals surface area contributed by atoms with E-state index in [9.17, 15) is 4.79 Å². The van der Waals surface area contributed by atoms with Gasteiger partial charge in [-0.2, -0.15) is 0 Å². The molecule has 0 saturated carbocycles. The molecule has 0 bridgehead atoms. The van der Waals surface area contributed by atoms with Crippen LogP contribution in [0.3, 0.4) is 0 Å². The Labute approximate surface area is 169 Å². The summed E-state index contributed by atoms with van der Waals surface area (Å²) >= 11 is 0. The Morgan fingerprint density at radius 1 is 0.931 bits per heavy atom. The van der Waals surface area contributed by atoms with Crippen LogP contribution in [0.4, 0.5) is 0 Å². The molecular formula is C24H21N3O2. The summed E-state index contributed by atoms with van der Waals surface area (Å²) < 4.78 is 5.82.